The van der Waals surface area contributed by atoms with Crippen LogP contribution in [0.15, 0.2) is 35.3 Å². The Kier molecular flexibility index (Phi) is 10.7. The Morgan fingerprint density at radius 1 is 1.15 bits per heavy atom. The van der Waals surface area contributed by atoms with Crippen LogP contribution >= 0.6 is 0 Å². The fraction of sp³-hybridized carbons (Fsp3) is 0.375. The van der Waals surface area contributed by atoms with Gasteiger partial charge in [0.25, 0.3) is 11.5 Å². The number of nitrogens with zero attached hydrogens (tertiary/aromatic N) is 4. The highest BCUT2D eigenvalue weighted by atomic mass is 35.5. The lowest BCUT2D eigenvalue weighted by Crippen LogP contribution is -3.00. The maximum absolute atomic E-state index is 12.6. The summed E-state index contributed by atoms with van der Waals surface area (Å²) in [4.78, 5) is 62.7. The van der Waals surface area contributed by atoms with Gasteiger partial charge in [0.05, 0.1) is 39.6 Å². The number of aromatic nitrogens is 4. The number of rotatable bonds is 12. The number of carbonyl (C=O) groups excluding carboxylic acids is 2. The third-order valence-electron chi connectivity index (χ3n) is 5.37. The van der Waals surface area contributed by atoms with E-state index in [-0.39, 0.29) is 61.1 Å². The van der Waals surface area contributed by atoms with Crippen LogP contribution in [0.3, 0.4) is 0 Å². The van der Waals surface area contributed by atoms with Crippen molar-refractivity contribution in [1.82, 2.24) is 25.3 Å². The minimum absolute atomic E-state index is 0. The Bertz CT molecular complexity index is 1370. The standard InChI is InChI=1S/C24H30N8O6.ClH/c1-32(2,3)10-11-38-18(33)9-8-17(23(36)37)29-21(34)14-4-6-15(7-5-14)26-12-16-13-27-20-19(28-16)22(35)31-24(25)30-20;/h4-7,13,17H,8-12H2,1-3H3,(H5-,25,26,27,29,30,31,34,35,36,37);1H/t17-;/m0./s1. The number of aromatic amines is 1. The molecular weight excluding hydrogens is 532 g/mol. The van der Waals surface area contributed by atoms with Crippen molar-refractivity contribution < 1.29 is 41.1 Å². The molecule has 0 aliphatic carbocycles. The van der Waals surface area contributed by atoms with Crippen molar-refractivity contribution in [1.29, 1.82) is 0 Å². The number of benzene rings is 1. The molecule has 1 amide bonds. The van der Waals surface area contributed by atoms with Gasteiger partial charge in [0.1, 0.15) is 19.2 Å². The first-order chi connectivity index (χ1) is 17.9. The van der Waals surface area contributed by atoms with Crippen LogP contribution < -0.4 is 34.3 Å². The highest BCUT2D eigenvalue weighted by Crippen LogP contribution is 2.12. The number of carboxylic acid groups (broad SMARTS) is 1. The molecule has 2 heterocycles. The van der Waals surface area contributed by atoms with Gasteiger partial charge in [-0.05, 0) is 30.7 Å². The number of amides is 1. The molecule has 1 aromatic carbocycles. The summed E-state index contributed by atoms with van der Waals surface area (Å²) in [5.74, 6) is -2.40. The van der Waals surface area contributed by atoms with E-state index in [9.17, 15) is 24.3 Å². The molecule has 1 atom stereocenters. The first kappa shape index (κ1) is 30.9. The van der Waals surface area contributed by atoms with Crippen LogP contribution in [-0.4, -0.2) is 87.7 Å². The average molecular weight is 563 g/mol. The second-order valence-corrected chi connectivity index (χ2v) is 9.55. The van der Waals surface area contributed by atoms with Crippen molar-refractivity contribution in [3.8, 4) is 0 Å². The van der Waals surface area contributed by atoms with Gasteiger partial charge < -0.3 is 43.1 Å². The highest BCUT2D eigenvalue weighted by Gasteiger charge is 2.22. The topological polar surface area (TPSA) is 202 Å². The predicted molar refractivity (Wildman–Crippen MR) is 138 cm³/mol. The Morgan fingerprint density at radius 2 is 1.85 bits per heavy atom. The van der Waals surface area contributed by atoms with Gasteiger partial charge in [-0.25, -0.2) is 14.8 Å². The number of anilines is 2. The number of halogens is 1. The molecule has 0 unspecified atom stereocenters. The molecule has 3 rings (SSSR count). The quantitative estimate of drug-likeness (QED) is 0.112. The number of nitrogens with one attached hydrogen (secondary N) is 3. The smallest absolute Gasteiger partial charge is 0.326 e. The van der Waals surface area contributed by atoms with Gasteiger partial charge in [0, 0.05) is 17.7 Å². The average Bonchev–Trinajstić information content (AvgIpc) is 2.84. The zero-order chi connectivity index (χ0) is 27.9. The minimum Gasteiger partial charge on any atom is -1.00 e. The van der Waals surface area contributed by atoms with Crippen LogP contribution in [0.2, 0.25) is 0 Å². The second kappa shape index (κ2) is 13.5. The number of aliphatic carboxylic acids is 1. The zero-order valence-corrected chi connectivity index (χ0v) is 22.5. The molecule has 210 valence electrons. The van der Waals surface area contributed by atoms with Gasteiger partial charge in [-0.15, -0.1) is 0 Å². The van der Waals surface area contributed by atoms with E-state index < -0.39 is 29.4 Å². The number of quaternary nitrogens is 1. The van der Waals surface area contributed by atoms with E-state index in [2.05, 4.69) is 30.6 Å². The molecule has 0 aliphatic heterocycles. The van der Waals surface area contributed by atoms with Gasteiger partial charge in [0.2, 0.25) is 5.95 Å². The lowest BCUT2D eigenvalue weighted by atomic mass is 10.1. The summed E-state index contributed by atoms with van der Waals surface area (Å²) in [6.45, 7) is 1.09. The molecule has 0 radical (unpaired) electrons. The van der Waals surface area contributed by atoms with E-state index in [1.54, 1.807) is 12.1 Å². The van der Waals surface area contributed by atoms with Crippen molar-refractivity contribution in [2.75, 3.05) is 45.3 Å². The number of nitrogens with two attached hydrogens (primary N) is 1. The molecule has 0 saturated carbocycles. The fourth-order valence-electron chi connectivity index (χ4n) is 3.25. The molecule has 0 fully saturated rings. The lowest BCUT2D eigenvalue weighted by molar-refractivity contribution is -0.870. The number of nitrogen functional groups attached to an aromatic ring is 1. The summed E-state index contributed by atoms with van der Waals surface area (Å²) >= 11 is 0. The number of likely N-dealkylation sites (N-methyl/N-ethyl adjacent to an activating group) is 1. The fourth-order valence-corrected chi connectivity index (χ4v) is 3.25. The Hall–Kier alpha value is -4.30. The number of esters is 1. The number of hydrogen-bond acceptors (Lipinski definition) is 10. The van der Waals surface area contributed by atoms with E-state index in [1.165, 1.54) is 18.3 Å². The molecule has 0 spiro atoms. The first-order valence-electron chi connectivity index (χ1n) is 11.8. The molecule has 0 aliphatic rings. The van der Waals surface area contributed by atoms with Gasteiger partial charge in [0.15, 0.2) is 11.2 Å². The van der Waals surface area contributed by atoms with E-state index in [0.717, 1.165) is 0 Å². The maximum atomic E-state index is 12.6. The molecule has 0 saturated heterocycles. The molecule has 39 heavy (non-hydrogen) atoms. The van der Waals surface area contributed by atoms with Crippen molar-refractivity contribution >= 4 is 40.6 Å². The highest BCUT2D eigenvalue weighted by molar-refractivity contribution is 5.97. The number of fused-ring (bicyclic) bond motifs is 1. The summed E-state index contributed by atoms with van der Waals surface area (Å²) in [6.07, 6.45) is 1.24. The third kappa shape index (κ3) is 9.50. The summed E-state index contributed by atoms with van der Waals surface area (Å²) in [6, 6.07) is 5.09. The first-order valence-corrected chi connectivity index (χ1v) is 11.8. The predicted octanol–water partition coefficient (Wildman–Crippen LogP) is -2.88. The molecule has 0 bridgehead atoms. The molecule has 3 aromatic rings. The van der Waals surface area contributed by atoms with Gasteiger partial charge in [-0.1, -0.05) is 0 Å². The van der Waals surface area contributed by atoms with Gasteiger partial charge in [-0.2, -0.15) is 4.98 Å². The Labute approximate surface area is 230 Å². The van der Waals surface area contributed by atoms with E-state index in [0.29, 0.717) is 22.4 Å². The molecule has 15 heteroatoms. The SMILES string of the molecule is C[N+](C)(C)CCOC(=O)CC[C@H](NC(=O)c1ccc(NCc2cnc3nc(N)[nH]c(=O)c3n2)cc1)C(=O)O.[Cl-]. The zero-order valence-electron chi connectivity index (χ0n) is 21.7. The summed E-state index contributed by atoms with van der Waals surface area (Å²) < 4.78 is 5.76. The van der Waals surface area contributed by atoms with Crippen molar-refractivity contribution in [3.63, 3.8) is 0 Å². The van der Waals surface area contributed by atoms with Crippen LogP contribution in [0.5, 0.6) is 0 Å². The van der Waals surface area contributed by atoms with Crippen LogP contribution in [0.4, 0.5) is 11.6 Å². The van der Waals surface area contributed by atoms with Crippen LogP contribution in [0.25, 0.3) is 11.2 Å². The second-order valence-electron chi connectivity index (χ2n) is 9.55. The third-order valence-corrected chi connectivity index (χ3v) is 5.37. The molecule has 14 nitrogen and oxygen atoms in total. The monoisotopic (exact) mass is 562 g/mol. The maximum Gasteiger partial charge on any atom is 0.326 e. The van der Waals surface area contributed by atoms with Crippen molar-refractivity contribution in [3.05, 3.63) is 52.1 Å². The Balaban J connectivity index is 0.00000533. The number of ether oxygens (including phenoxy) is 1. The molecular formula is C24H31ClN8O6. The van der Waals surface area contributed by atoms with Crippen LogP contribution in [0, 0.1) is 0 Å². The van der Waals surface area contributed by atoms with Crippen molar-refractivity contribution in [2.45, 2.75) is 25.4 Å². The minimum atomic E-state index is -1.25. The largest absolute Gasteiger partial charge is 1.00 e. The number of carboxylic acids is 1. The van der Waals surface area contributed by atoms with Crippen LogP contribution in [0.1, 0.15) is 28.9 Å². The van der Waals surface area contributed by atoms with Crippen LogP contribution in [-0.2, 0) is 20.9 Å². The van der Waals surface area contributed by atoms with Crippen molar-refractivity contribution in [2.24, 2.45) is 0 Å². The number of carbonyl (C=O) groups is 3. The number of hydrogen-bond donors (Lipinski definition) is 5. The van der Waals surface area contributed by atoms with E-state index in [4.69, 9.17) is 10.5 Å². The summed E-state index contributed by atoms with van der Waals surface area (Å²) in [7, 11) is 5.89. The molecule has 2 aromatic heterocycles. The molecule has 6 N–H and O–H groups in total. The summed E-state index contributed by atoms with van der Waals surface area (Å²) in [5, 5.41) is 15.0. The lowest BCUT2D eigenvalue weighted by Gasteiger charge is -2.23. The van der Waals surface area contributed by atoms with E-state index >= 15 is 0 Å². The summed E-state index contributed by atoms with van der Waals surface area (Å²) in [5.41, 5.74) is 6.60. The van der Waals surface area contributed by atoms with E-state index in [1.807, 2.05) is 21.1 Å². The normalized spacial score (nSPS) is 11.8. The van der Waals surface area contributed by atoms with Gasteiger partial charge in [-0.3, -0.25) is 19.4 Å². The number of H-pyrrole nitrogens is 1. The van der Waals surface area contributed by atoms with Gasteiger partial charge >= 0.3 is 11.9 Å². The Morgan fingerprint density at radius 3 is 2.49 bits per heavy atom.